The molecule has 5 aromatic rings. The molecule has 6 rings (SSSR count). The number of hydrogen-bond donors (Lipinski definition) is 1. The molecular formula is C27H25N7O3. The number of aromatic nitrogens is 4. The third kappa shape index (κ3) is 4.49. The number of oxazole rings is 1. The third-order valence-electron chi connectivity index (χ3n) is 6.60. The summed E-state index contributed by atoms with van der Waals surface area (Å²) < 4.78 is 6.55. The van der Waals surface area contributed by atoms with Crippen LogP contribution in [0.4, 0.5) is 17.5 Å². The maximum absolute atomic E-state index is 12.7. The van der Waals surface area contributed by atoms with Gasteiger partial charge in [-0.1, -0.05) is 12.1 Å². The number of para-hydroxylation sites is 2. The van der Waals surface area contributed by atoms with Gasteiger partial charge in [0.15, 0.2) is 5.58 Å². The van der Waals surface area contributed by atoms with E-state index in [0.29, 0.717) is 16.8 Å². The first-order valence-electron chi connectivity index (χ1n) is 12.1. The molecule has 0 atom stereocenters. The molecule has 0 bridgehead atoms. The zero-order valence-corrected chi connectivity index (χ0v) is 20.3. The van der Waals surface area contributed by atoms with Gasteiger partial charge < -0.3 is 19.5 Å². The van der Waals surface area contributed by atoms with Crippen molar-refractivity contribution >= 4 is 45.4 Å². The van der Waals surface area contributed by atoms with Crippen molar-refractivity contribution in [3.05, 3.63) is 83.1 Å². The molecule has 2 aromatic carbocycles. The second kappa shape index (κ2) is 9.38. The van der Waals surface area contributed by atoms with E-state index in [1.807, 2.05) is 31.2 Å². The van der Waals surface area contributed by atoms with Gasteiger partial charge in [-0.2, -0.15) is 0 Å². The maximum Gasteiger partial charge on any atom is 0.420 e. The largest absolute Gasteiger partial charge is 0.420 e. The molecule has 1 N–H and O–H groups in total. The smallest absolute Gasteiger partial charge is 0.408 e. The van der Waals surface area contributed by atoms with Gasteiger partial charge in [0.25, 0.3) is 0 Å². The molecule has 1 aliphatic heterocycles. The fraction of sp³-hybridized carbons (Fsp3) is 0.222. The quantitative estimate of drug-likeness (QED) is 0.396. The van der Waals surface area contributed by atoms with E-state index >= 15 is 0 Å². The zero-order chi connectivity index (χ0) is 25.4. The van der Waals surface area contributed by atoms with E-state index in [4.69, 9.17) is 9.40 Å². The monoisotopic (exact) mass is 495 g/mol. The lowest BCUT2D eigenvalue weighted by atomic mass is 10.1. The summed E-state index contributed by atoms with van der Waals surface area (Å²) >= 11 is 0. The van der Waals surface area contributed by atoms with Crippen molar-refractivity contribution < 1.29 is 9.21 Å². The van der Waals surface area contributed by atoms with Gasteiger partial charge in [0.1, 0.15) is 12.4 Å². The van der Waals surface area contributed by atoms with Crippen LogP contribution in [0.2, 0.25) is 0 Å². The van der Waals surface area contributed by atoms with Crippen LogP contribution in [-0.2, 0) is 11.3 Å². The summed E-state index contributed by atoms with van der Waals surface area (Å²) in [5.41, 5.74) is 3.62. The number of piperazine rings is 1. The first-order valence-corrected chi connectivity index (χ1v) is 12.1. The number of pyridine rings is 1. The average molecular weight is 496 g/mol. The second-order valence-corrected chi connectivity index (χ2v) is 9.02. The van der Waals surface area contributed by atoms with Gasteiger partial charge in [-0.25, -0.2) is 19.7 Å². The molecule has 10 nitrogen and oxygen atoms in total. The van der Waals surface area contributed by atoms with Crippen molar-refractivity contribution in [2.45, 2.75) is 13.5 Å². The molecule has 0 spiro atoms. The van der Waals surface area contributed by atoms with Gasteiger partial charge in [-0.3, -0.25) is 9.36 Å². The molecule has 4 heterocycles. The highest BCUT2D eigenvalue weighted by Crippen LogP contribution is 2.26. The van der Waals surface area contributed by atoms with Crippen LogP contribution in [0.25, 0.3) is 22.0 Å². The number of rotatable bonds is 5. The Labute approximate surface area is 212 Å². The number of hydrogen-bond acceptors (Lipinski definition) is 8. The second-order valence-electron chi connectivity index (χ2n) is 9.02. The van der Waals surface area contributed by atoms with Gasteiger partial charge in [-0.15, -0.1) is 0 Å². The summed E-state index contributed by atoms with van der Waals surface area (Å²) in [5, 5.41) is 3.86. The Kier molecular flexibility index (Phi) is 5.76. The van der Waals surface area contributed by atoms with Crippen molar-refractivity contribution in [1.29, 1.82) is 0 Å². The number of fused-ring (bicyclic) bond motifs is 2. The Morgan fingerprint density at radius 3 is 2.54 bits per heavy atom. The highest BCUT2D eigenvalue weighted by molar-refractivity contribution is 5.95. The standard InChI is InChI=1S/C27H25N7O3/c1-18-15-24(32-11-13-33(14-12-32)26-28-9-4-10-29-26)31-21-8-7-19(16-20(18)21)30-25(35)17-34-22-5-2-3-6-23(22)37-27(34)36/h2-10,15-16H,11-14,17H2,1H3,(H,30,35). The summed E-state index contributed by atoms with van der Waals surface area (Å²) in [7, 11) is 0. The lowest BCUT2D eigenvalue weighted by molar-refractivity contribution is -0.116. The van der Waals surface area contributed by atoms with Crippen molar-refractivity contribution in [2.75, 3.05) is 41.3 Å². The molecule has 37 heavy (non-hydrogen) atoms. The van der Waals surface area contributed by atoms with E-state index in [0.717, 1.165) is 54.4 Å². The number of anilines is 3. The van der Waals surface area contributed by atoms with Crippen molar-refractivity contribution in [3.63, 3.8) is 0 Å². The van der Waals surface area contributed by atoms with Crippen LogP contribution in [0.5, 0.6) is 0 Å². The molecule has 10 heteroatoms. The number of carbonyl (C=O) groups is 1. The van der Waals surface area contributed by atoms with Crippen LogP contribution in [0, 0.1) is 6.92 Å². The predicted octanol–water partition coefficient (Wildman–Crippen LogP) is 3.21. The highest BCUT2D eigenvalue weighted by atomic mass is 16.4. The number of nitrogens with zero attached hydrogens (tertiary/aromatic N) is 6. The summed E-state index contributed by atoms with van der Waals surface area (Å²) in [6, 6.07) is 16.6. The summed E-state index contributed by atoms with van der Waals surface area (Å²) in [6.07, 6.45) is 3.53. The molecule has 1 saturated heterocycles. The minimum Gasteiger partial charge on any atom is -0.408 e. The van der Waals surface area contributed by atoms with Crippen molar-refractivity contribution in [2.24, 2.45) is 0 Å². The Morgan fingerprint density at radius 2 is 1.73 bits per heavy atom. The normalized spacial score (nSPS) is 13.9. The van der Waals surface area contributed by atoms with Crippen LogP contribution in [-0.4, -0.2) is 51.6 Å². The fourth-order valence-corrected chi connectivity index (χ4v) is 4.71. The van der Waals surface area contributed by atoms with Gasteiger partial charge >= 0.3 is 5.76 Å². The molecule has 186 valence electrons. The number of carbonyl (C=O) groups excluding carboxylic acids is 1. The first-order chi connectivity index (χ1) is 18.0. The van der Waals surface area contributed by atoms with E-state index in [-0.39, 0.29) is 12.5 Å². The summed E-state index contributed by atoms with van der Waals surface area (Å²) in [4.78, 5) is 43.0. The van der Waals surface area contributed by atoms with E-state index in [2.05, 4.69) is 31.2 Å². The Morgan fingerprint density at radius 1 is 0.973 bits per heavy atom. The Bertz CT molecular complexity index is 1650. The number of aryl methyl sites for hydroxylation is 1. The number of amides is 1. The summed E-state index contributed by atoms with van der Waals surface area (Å²) in [5.74, 6) is 0.821. The minimum absolute atomic E-state index is 0.135. The lowest BCUT2D eigenvalue weighted by Gasteiger charge is -2.35. The van der Waals surface area contributed by atoms with Crippen LogP contribution in [0.15, 0.2) is 76.2 Å². The zero-order valence-electron chi connectivity index (χ0n) is 20.3. The van der Waals surface area contributed by atoms with Gasteiger partial charge in [0, 0.05) is 49.6 Å². The van der Waals surface area contributed by atoms with Crippen molar-refractivity contribution in [3.8, 4) is 0 Å². The van der Waals surface area contributed by atoms with Gasteiger partial charge in [0.2, 0.25) is 11.9 Å². The molecule has 0 unspecified atom stereocenters. The Hall–Kier alpha value is -4.73. The van der Waals surface area contributed by atoms with E-state index in [1.54, 1.807) is 36.7 Å². The van der Waals surface area contributed by atoms with Gasteiger partial charge in [-0.05, 0) is 55.0 Å². The molecule has 0 aliphatic carbocycles. The van der Waals surface area contributed by atoms with Gasteiger partial charge in [0.05, 0.1) is 11.0 Å². The van der Waals surface area contributed by atoms with Crippen LogP contribution < -0.4 is 20.9 Å². The summed E-state index contributed by atoms with van der Waals surface area (Å²) in [6.45, 7) is 5.21. The number of benzene rings is 2. The molecule has 1 aliphatic rings. The molecular weight excluding hydrogens is 470 g/mol. The van der Waals surface area contributed by atoms with Crippen LogP contribution >= 0.6 is 0 Å². The topological polar surface area (TPSA) is 109 Å². The molecule has 1 fully saturated rings. The van der Waals surface area contributed by atoms with Crippen molar-refractivity contribution in [1.82, 2.24) is 19.5 Å². The first kappa shape index (κ1) is 22.7. The van der Waals surface area contributed by atoms with E-state index in [1.165, 1.54) is 4.57 Å². The van der Waals surface area contributed by atoms with E-state index in [9.17, 15) is 9.59 Å². The fourth-order valence-electron chi connectivity index (χ4n) is 4.71. The SMILES string of the molecule is Cc1cc(N2CCN(c3ncccn3)CC2)nc2ccc(NC(=O)Cn3c(=O)oc4ccccc43)cc12. The average Bonchev–Trinajstić information content (AvgIpc) is 3.24. The molecule has 1 amide bonds. The predicted molar refractivity (Wildman–Crippen MR) is 142 cm³/mol. The third-order valence-corrected chi connectivity index (χ3v) is 6.60. The highest BCUT2D eigenvalue weighted by Gasteiger charge is 2.20. The molecule has 3 aromatic heterocycles. The van der Waals surface area contributed by atoms with Crippen LogP contribution in [0.1, 0.15) is 5.56 Å². The number of nitrogens with one attached hydrogen (secondary N) is 1. The maximum atomic E-state index is 12.7. The lowest BCUT2D eigenvalue weighted by Crippen LogP contribution is -2.47. The minimum atomic E-state index is -0.556. The van der Waals surface area contributed by atoms with E-state index < -0.39 is 5.76 Å². The Balaban J connectivity index is 1.16. The molecule has 0 saturated carbocycles. The molecule has 0 radical (unpaired) electrons. The van der Waals surface area contributed by atoms with Crippen LogP contribution in [0.3, 0.4) is 0 Å².